The van der Waals surface area contributed by atoms with E-state index in [1.807, 2.05) is 0 Å². The molecule has 2 N–H and O–H groups in total. The van der Waals surface area contributed by atoms with Gasteiger partial charge in [0.05, 0.1) is 15.5 Å². The quantitative estimate of drug-likeness (QED) is 0.0837. The van der Waals surface area contributed by atoms with Gasteiger partial charge in [0, 0.05) is 34.4 Å². The Hall–Kier alpha value is -2.18. The van der Waals surface area contributed by atoms with Crippen LogP contribution in [0.4, 0.5) is 17.1 Å². The molecule has 0 atom stereocenters. The molecule has 0 heterocycles. The van der Waals surface area contributed by atoms with Gasteiger partial charge in [0.25, 0.3) is 15.8 Å². The third-order valence-electron chi connectivity index (χ3n) is 4.96. The maximum absolute atomic E-state index is 12.4. The van der Waals surface area contributed by atoms with E-state index in [4.69, 9.17) is 0 Å². The molecule has 0 fully saturated rings. The van der Waals surface area contributed by atoms with E-state index < -0.39 is 57.5 Å². The van der Waals surface area contributed by atoms with Crippen molar-refractivity contribution in [1.82, 2.24) is 0 Å². The van der Waals surface area contributed by atoms with Crippen molar-refractivity contribution in [2.75, 3.05) is 0 Å². The number of azo groups is 1. The third kappa shape index (κ3) is 6.28. The van der Waals surface area contributed by atoms with Crippen molar-refractivity contribution in [2.24, 2.45) is 10.2 Å². The molecule has 4 rings (SSSR count). The van der Waals surface area contributed by atoms with Gasteiger partial charge >= 0.3 is 59.1 Å². The largest absolute Gasteiger partial charge is 1.00 e. The van der Waals surface area contributed by atoms with Crippen LogP contribution in [-0.4, -0.2) is 36.0 Å². The minimum absolute atomic E-state index is 0. The predicted molar refractivity (Wildman–Crippen MR) is 118 cm³/mol. The fourth-order valence-corrected chi connectivity index (χ4v) is 4.87. The van der Waals surface area contributed by atoms with Crippen molar-refractivity contribution in [2.45, 2.75) is 9.79 Å². The third-order valence-corrected chi connectivity index (χ3v) is 6.75. The van der Waals surface area contributed by atoms with E-state index in [1.54, 1.807) is 0 Å². The van der Waals surface area contributed by atoms with Gasteiger partial charge in [-0.25, -0.2) is 8.42 Å². The standard InChI is InChI=1S/C20H13N3O10S2.2Na/c24-16-7-10(6-14-12(16)2-1-3-18(14)34(28,29)30)21-22-20-13-5-4-11(23(26)27)8-15(13)19(9-17(20)25)35(31,32)33;;/h1-9,24-25H,(H,28,29,30)(H,31,32,33);;/q;2*+1/p-2. The Morgan fingerprint density at radius 2 is 1.46 bits per heavy atom. The van der Waals surface area contributed by atoms with Crippen molar-refractivity contribution in [3.63, 3.8) is 0 Å². The summed E-state index contributed by atoms with van der Waals surface area (Å²) in [6.45, 7) is 0. The van der Waals surface area contributed by atoms with Crippen LogP contribution in [0.15, 0.2) is 74.6 Å². The number of phenolic OH excluding ortho intramolecular Hbond substituents is 1. The van der Waals surface area contributed by atoms with Crippen LogP contribution < -0.4 is 64.2 Å². The normalized spacial score (nSPS) is 11.8. The van der Waals surface area contributed by atoms with Gasteiger partial charge in [0.2, 0.25) is 0 Å². The molecule has 37 heavy (non-hydrogen) atoms. The maximum atomic E-state index is 12.4. The predicted octanol–water partition coefficient (Wildman–Crippen LogP) is -2.75. The summed E-state index contributed by atoms with van der Waals surface area (Å²) in [7, 11) is -9.84. The SMILES string of the molecule is O=[N+]([O-])c1ccc2c(N=Nc3cc([O-])c4cccc(S(=O)(=O)O)c4c3)c(O)cc(S(=O)(=O)[O-])c2c1.[Na+].[Na+]. The first kappa shape index (κ1) is 31.0. The first-order chi connectivity index (χ1) is 16.3. The minimum atomic E-state index is -5.15. The Bertz CT molecular complexity index is 1810. The van der Waals surface area contributed by atoms with Crippen LogP contribution in [0.2, 0.25) is 0 Å². The number of nitro groups is 1. The summed E-state index contributed by atoms with van der Waals surface area (Å²) in [4.78, 5) is 8.82. The van der Waals surface area contributed by atoms with Gasteiger partial charge in [-0.15, -0.1) is 5.11 Å². The Kier molecular flexibility index (Phi) is 9.47. The Labute approximate surface area is 253 Å². The molecule has 0 aliphatic heterocycles. The van der Waals surface area contributed by atoms with Crippen molar-refractivity contribution >= 4 is 58.8 Å². The smallest absolute Gasteiger partial charge is 0.872 e. The second kappa shape index (κ2) is 11.3. The molecule has 0 aliphatic carbocycles. The van der Waals surface area contributed by atoms with Gasteiger partial charge in [-0.1, -0.05) is 17.9 Å². The molecule has 0 radical (unpaired) electrons. The van der Waals surface area contributed by atoms with Crippen molar-refractivity contribution in [3.05, 3.63) is 64.7 Å². The van der Waals surface area contributed by atoms with Crippen LogP contribution in [0.3, 0.4) is 0 Å². The fourth-order valence-electron chi connectivity index (χ4n) is 3.48. The number of benzene rings is 4. The second-order valence-electron chi connectivity index (χ2n) is 7.15. The van der Waals surface area contributed by atoms with E-state index >= 15 is 0 Å². The zero-order valence-electron chi connectivity index (χ0n) is 19.0. The number of hydrogen-bond donors (Lipinski definition) is 2. The van der Waals surface area contributed by atoms with Crippen LogP contribution >= 0.6 is 0 Å². The molecular formula is C20H11N3Na2O10S2. The number of nitro benzene ring substituents is 1. The van der Waals surface area contributed by atoms with Crippen molar-refractivity contribution in [3.8, 4) is 11.5 Å². The number of non-ortho nitro benzene ring substituents is 1. The zero-order valence-corrected chi connectivity index (χ0v) is 24.6. The summed E-state index contributed by atoms with van der Waals surface area (Å²) in [6, 6.07) is 9.26. The van der Waals surface area contributed by atoms with E-state index in [2.05, 4.69) is 10.2 Å². The number of aromatic hydroxyl groups is 1. The molecular weight excluding hydrogens is 552 g/mol. The van der Waals surface area contributed by atoms with Crippen LogP contribution in [-0.2, 0) is 20.2 Å². The van der Waals surface area contributed by atoms with E-state index in [9.17, 15) is 46.3 Å². The molecule has 13 nitrogen and oxygen atoms in total. The molecule has 0 aromatic heterocycles. The maximum Gasteiger partial charge on any atom is 1.00 e. The number of hydrogen-bond acceptors (Lipinski definition) is 11. The summed E-state index contributed by atoms with van der Waals surface area (Å²) in [6.07, 6.45) is 0. The summed E-state index contributed by atoms with van der Waals surface area (Å²) in [5, 5.41) is 40.7. The monoisotopic (exact) mass is 563 g/mol. The van der Waals surface area contributed by atoms with Gasteiger partial charge in [-0.2, -0.15) is 13.5 Å². The van der Waals surface area contributed by atoms with Crippen molar-refractivity contribution in [1.29, 1.82) is 0 Å². The van der Waals surface area contributed by atoms with Gasteiger partial charge in [-0.05, 0) is 29.7 Å². The second-order valence-corrected chi connectivity index (χ2v) is 9.89. The Morgan fingerprint density at radius 3 is 2.05 bits per heavy atom. The molecule has 0 bridgehead atoms. The number of nitrogens with zero attached hydrogens (tertiary/aromatic N) is 3. The van der Waals surface area contributed by atoms with Crippen LogP contribution in [0.25, 0.3) is 21.5 Å². The average Bonchev–Trinajstić information content (AvgIpc) is 2.76. The minimum Gasteiger partial charge on any atom is -0.872 e. The molecule has 0 saturated carbocycles. The Balaban J connectivity index is 0.00000241. The van der Waals surface area contributed by atoms with Crippen LogP contribution in [0.5, 0.6) is 11.5 Å². The zero-order chi connectivity index (χ0) is 25.7. The number of fused-ring (bicyclic) bond motifs is 2. The van der Waals surface area contributed by atoms with Gasteiger partial charge in [0.1, 0.15) is 26.5 Å². The molecule has 4 aromatic rings. The summed E-state index contributed by atoms with van der Waals surface area (Å²) in [5.74, 6) is -1.45. The van der Waals surface area contributed by atoms with Crippen LogP contribution in [0, 0.1) is 10.1 Å². The summed E-state index contributed by atoms with van der Waals surface area (Å²) < 4.78 is 67.7. The van der Waals surface area contributed by atoms with E-state index in [0.29, 0.717) is 6.07 Å². The van der Waals surface area contributed by atoms with E-state index in [-0.39, 0.29) is 86.6 Å². The molecule has 17 heteroatoms. The molecule has 4 aromatic carbocycles. The Morgan fingerprint density at radius 1 is 0.811 bits per heavy atom. The van der Waals surface area contributed by atoms with Gasteiger partial charge in [0.15, 0.2) is 0 Å². The number of phenols is 1. The van der Waals surface area contributed by atoms with E-state index in [0.717, 1.165) is 36.4 Å². The topological polar surface area (TPSA) is 223 Å². The molecule has 180 valence electrons. The molecule has 0 amide bonds. The summed E-state index contributed by atoms with van der Waals surface area (Å²) >= 11 is 0. The van der Waals surface area contributed by atoms with Gasteiger partial charge < -0.3 is 14.8 Å². The molecule has 0 saturated heterocycles. The first-order valence-corrected chi connectivity index (χ1v) is 12.2. The first-order valence-electron chi connectivity index (χ1n) is 9.30. The molecule has 0 unspecified atom stereocenters. The number of rotatable bonds is 5. The molecule has 0 aliphatic rings. The van der Waals surface area contributed by atoms with Gasteiger partial charge in [-0.3, -0.25) is 14.7 Å². The fraction of sp³-hybridized carbons (Fsp3) is 0. The molecule has 0 spiro atoms. The average molecular weight is 563 g/mol. The summed E-state index contributed by atoms with van der Waals surface area (Å²) in [5.41, 5.74) is -1.09. The van der Waals surface area contributed by atoms with Crippen molar-refractivity contribution < 1.29 is 100 Å². The van der Waals surface area contributed by atoms with E-state index in [1.165, 1.54) is 12.1 Å². The van der Waals surface area contributed by atoms with Crippen LogP contribution in [0.1, 0.15) is 0 Å².